The lowest BCUT2D eigenvalue weighted by molar-refractivity contribution is -0.123. The number of hydrogen-bond donors (Lipinski definition) is 0. The van der Waals surface area contributed by atoms with Gasteiger partial charge in [-0.05, 0) is 49.4 Å². The predicted octanol–water partition coefficient (Wildman–Crippen LogP) is 3.93. The second-order valence-corrected chi connectivity index (χ2v) is 6.45. The molecule has 1 saturated heterocycles. The number of carbonyl (C=O) groups is 2. The van der Waals surface area contributed by atoms with Crippen molar-refractivity contribution >= 4 is 29.0 Å². The Kier molecular flexibility index (Phi) is 4.30. The number of amides is 2. The van der Waals surface area contributed by atoms with Crippen molar-refractivity contribution in [3.05, 3.63) is 69.9 Å². The molecule has 2 heterocycles. The summed E-state index contributed by atoms with van der Waals surface area (Å²) in [4.78, 5) is 30.6. The standard InChI is InChI=1S/C18H16N2O2S/c1-12-6-8-14(9-7-12)11-20-17(21)16(23-18(20)22)10-15-5-3-4-13(2)19-15/h3-10H,11H2,1-2H3/b16-10+. The van der Waals surface area contributed by atoms with Gasteiger partial charge in [0.2, 0.25) is 0 Å². The Morgan fingerprint density at radius 2 is 1.83 bits per heavy atom. The summed E-state index contributed by atoms with van der Waals surface area (Å²) >= 11 is 0.963. The SMILES string of the molecule is Cc1ccc(CN2C(=O)S/C(=C/c3cccc(C)n3)C2=O)cc1. The molecule has 23 heavy (non-hydrogen) atoms. The number of carbonyl (C=O) groups excluding carboxylic acids is 2. The first-order valence-corrected chi connectivity index (χ1v) is 8.09. The molecule has 0 spiro atoms. The van der Waals surface area contributed by atoms with Crippen LogP contribution < -0.4 is 0 Å². The van der Waals surface area contributed by atoms with E-state index in [0.29, 0.717) is 17.1 Å². The third kappa shape index (κ3) is 3.51. The number of hydrogen-bond acceptors (Lipinski definition) is 4. The molecule has 2 amide bonds. The molecule has 0 unspecified atom stereocenters. The van der Waals surface area contributed by atoms with Crippen molar-refractivity contribution in [3.63, 3.8) is 0 Å². The number of aryl methyl sites for hydroxylation is 2. The lowest BCUT2D eigenvalue weighted by atomic mass is 10.1. The fourth-order valence-electron chi connectivity index (χ4n) is 2.29. The van der Waals surface area contributed by atoms with Crippen LogP contribution in [0.15, 0.2) is 47.4 Å². The average Bonchev–Trinajstić information content (AvgIpc) is 2.77. The van der Waals surface area contributed by atoms with E-state index in [4.69, 9.17) is 0 Å². The summed E-state index contributed by atoms with van der Waals surface area (Å²) in [7, 11) is 0. The van der Waals surface area contributed by atoms with Crippen molar-refractivity contribution in [2.24, 2.45) is 0 Å². The summed E-state index contributed by atoms with van der Waals surface area (Å²) in [5.41, 5.74) is 3.64. The van der Waals surface area contributed by atoms with Gasteiger partial charge in [-0.2, -0.15) is 0 Å². The van der Waals surface area contributed by atoms with E-state index in [2.05, 4.69) is 4.98 Å². The highest BCUT2D eigenvalue weighted by Gasteiger charge is 2.35. The molecule has 1 aromatic carbocycles. The molecule has 0 radical (unpaired) electrons. The van der Waals surface area contributed by atoms with Crippen molar-refractivity contribution in [2.75, 3.05) is 0 Å². The highest BCUT2D eigenvalue weighted by molar-refractivity contribution is 8.18. The number of aromatic nitrogens is 1. The zero-order valence-electron chi connectivity index (χ0n) is 12.9. The summed E-state index contributed by atoms with van der Waals surface area (Å²) in [5, 5.41) is -0.241. The Labute approximate surface area is 139 Å². The number of pyridine rings is 1. The molecule has 5 heteroatoms. The molecule has 1 aromatic heterocycles. The van der Waals surface area contributed by atoms with Crippen LogP contribution in [0.4, 0.5) is 4.79 Å². The van der Waals surface area contributed by atoms with Gasteiger partial charge in [0.15, 0.2) is 0 Å². The van der Waals surface area contributed by atoms with Gasteiger partial charge in [-0.1, -0.05) is 35.9 Å². The van der Waals surface area contributed by atoms with Crippen molar-refractivity contribution in [3.8, 4) is 0 Å². The maximum Gasteiger partial charge on any atom is 0.293 e. The number of imide groups is 1. The summed E-state index contributed by atoms with van der Waals surface area (Å²) < 4.78 is 0. The van der Waals surface area contributed by atoms with Crippen LogP contribution in [0.25, 0.3) is 6.08 Å². The first-order chi connectivity index (χ1) is 11.0. The molecule has 4 nitrogen and oxygen atoms in total. The van der Waals surface area contributed by atoms with Gasteiger partial charge >= 0.3 is 0 Å². The fraction of sp³-hybridized carbons (Fsp3) is 0.167. The second kappa shape index (κ2) is 6.38. The van der Waals surface area contributed by atoms with Crippen LogP contribution in [0, 0.1) is 13.8 Å². The van der Waals surface area contributed by atoms with Gasteiger partial charge in [-0.15, -0.1) is 0 Å². The first-order valence-electron chi connectivity index (χ1n) is 7.27. The van der Waals surface area contributed by atoms with E-state index in [9.17, 15) is 9.59 Å². The molecule has 116 valence electrons. The van der Waals surface area contributed by atoms with E-state index in [0.717, 1.165) is 28.6 Å². The molecular formula is C18H16N2O2S. The quantitative estimate of drug-likeness (QED) is 0.803. The van der Waals surface area contributed by atoms with E-state index in [1.807, 2.05) is 56.3 Å². The Morgan fingerprint density at radius 3 is 2.52 bits per heavy atom. The van der Waals surface area contributed by atoms with E-state index in [-0.39, 0.29) is 11.1 Å². The largest absolute Gasteiger partial charge is 0.293 e. The summed E-state index contributed by atoms with van der Waals surface area (Å²) in [6, 6.07) is 13.4. The minimum absolute atomic E-state index is 0.241. The topological polar surface area (TPSA) is 50.3 Å². The van der Waals surface area contributed by atoms with Gasteiger partial charge in [-0.3, -0.25) is 19.5 Å². The molecule has 0 saturated carbocycles. The van der Waals surface area contributed by atoms with Crippen LogP contribution in [-0.4, -0.2) is 21.0 Å². The van der Waals surface area contributed by atoms with E-state index >= 15 is 0 Å². The van der Waals surface area contributed by atoms with Crippen LogP contribution >= 0.6 is 11.8 Å². The summed E-state index contributed by atoms with van der Waals surface area (Å²) in [6.07, 6.45) is 1.67. The maximum atomic E-state index is 12.5. The predicted molar refractivity (Wildman–Crippen MR) is 91.7 cm³/mol. The van der Waals surface area contributed by atoms with Gasteiger partial charge in [0.25, 0.3) is 11.1 Å². The Bertz CT molecular complexity index is 797. The Balaban J connectivity index is 1.81. The normalized spacial score (nSPS) is 16.4. The zero-order valence-corrected chi connectivity index (χ0v) is 13.8. The summed E-state index contributed by atoms with van der Waals surface area (Å²) in [5.74, 6) is -0.260. The van der Waals surface area contributed by atoms with Crippen molar-refractivity contribution in [1.29, 1.82) is 0 Å². The molecule has 1 aliphatic rings. The van der Waals surface area contributed by atoms with Crippen LogP contribution in [0.5, 0.6) is 0 Å². The Hall–Kier alpha value is -2.40. The lowest BCUT2D eigenvalue weighted by Crippen LogP contribution is -2.27. The van der Waals surface area contributed by atoms with Gasteiger partial charge in [0, 0.05) is 5.69 Å². The number of rotatable bonds is 3. The highest BCUT2D eigenvalue weighted by Crippen LogP contribution is 2.33. The van der Waals surface area contributed by atoms with Crippen molar-refractivity contribution < 1.29 is 9.59 Å². The highest BCUT2D eigenvalue weighted by atomic mass is 32.2. The minimum atomic E-state index is -0.260. The summed E-state index contributed by atoms with van der Waals surface area (Å²) in [6.45, 7) is 4.19. The van der Waals surface area contributed by atoms with Crippen LogP contribution in [0.3, 0.4) is 0 Å². The van der Waals surface area contributed by atoms with Crippen LogP contribution in [-0.2, 0) is 11.3 Å². The van der Waals surface area contributed by atoms with E-state index < -0.39 is 0 Å². The number of benzene rings is 1. The van der Waals surface area contributed by atoms with E-state index in [1.54, 1.807) is 6.08 Å². The van der Waals surface area contributed by atoms with Crippen LogP contribution in [0.1, 0.15) is 22.5 Å². The average molecular weight is 324 g/mol. The molecule has 0 aliphatic carbocycles. The first kappa shape index (κ1) is 15.5. The van der Waals surface area contributed by atoms with Crippen molar-refractivity contribution in [2.45, 2.75) is 20.4 Å². The van der Waals surface area contributed by atoms with Gasteiger partial charge < -0.3 is 0 Å². The molecule has 0 bridgehead atoms. The monoisotopic (exact) mass is 324 g/mol. The van der Waals surface area contributed by atoms with Crippen molar-refractivity contribution in [1.82, 2.24) is 9.88 Å². The molecule has 0 atom stereocenters. The second-order valence-electron chi connectivity index (χ2n) is 5.46. The number of nitrogens with zero attached hydrogens (tertiary/aromatic N) is 2. The molecule has 0 N–H and O–H groups in total. The smallest absolute Gasteiger partial charge is 0.268 e. The Morgan fingerprint density at radius 1 is 1.09 bits per heavy atom. The molecular weight excluding hydrogens is 308 g/mol. The lowest BCUT2D eigenvalue weighted by Gasteiger charge is -2.12. The molecule has 3 rings (SSSR count). The molecule has 1 aliphatic heterocycles. The fourth-order valence-corrected chi connectivity index (χ4v) is 3.11. The molecule has 2 aromatic rings. The van der Waals surface area contributed by atoms with Gasteiger partial charge in [-0.25, -0.2) is 0 Å². The third-order valence-electron chi connectivity index (χ3n) is 3.52. The maximum absolute atomic E-state index is 12.5. The van der Waals surface area contributed by atoms with Gasteiger partial charge in [0.1, 0.15) is 0 Å². The third-order valence-corrected chi connectivity index (χ3v) is 4.43. The van der Waals surface area contributed by atoms with Crippen LogP contribution in [0.2, 0.25) is 0 Å². The minimum Gasteiger partial charge on any atom is -0.268 e. The van der Waals surface area contributed by atoms with Gasteiger partial charge in [0.05, 0.1) is 17.1 Å². The van der Waals surface area contributed by atoms with E-state index in [1.165, 1.54) is 4.90 Å². The molecule has 1 fully saturated rings. The number of thioether (sulfide) groups is 1. The zero-order chi connectivity index (χ0) is 16.4.